The molecule has 0 aliphatic heterocycles. The molecule has 32 heavy (non-hydrogen) atoms. The third-order valence-electron chi connectivity index (χ3n) is 7.35. The maximum absolute atomic E-state index is 16.5. The number of hydrogen-bond acceptors (Lipinski definition) is 2. The lowest BCUT2D eigenvalue weighted by molar-refractivity contribution is 0.283. The van der Waals surface area contributed by atoms with Gasteiger partial charge in [-0.3, -0.25) is 4.98 Å². The van der Waals surface area contributed by atoms with Crippen molar-refractivity contribution in [1.29, 1.82) is 0 Å². The van der Waals surface area contributed by atoms with Gasteiger partial charge in [-0.2, -0.15) is 11.3 Å². The van der Waals surface area contributed by atoms with E-state index in [1.165, 1.54) is 30.5 Å². The van der Waals surface area contributed by atoms with Crippen LogP contribution in [0.2, 0.25) is 0 Å². The van der Waals surface area contributed by atoms with Crippen LogP contribution in [0.3, 0.4) is 0 Å². The summed E-state index contributed by atoms with van der Waals surface area (Å²) < 4.78 is 30.1. The van der Waals surface area contributed by atoms with Crippen molar-refractivity contribution in [3.63, 3.8) is 0 Å². The van der Waals surface area contributed by atoms with Gasteiger partial charge in [0.1, 0.15) is 5.82 Å². The first-order chi connectivity index (χ1) is 15.3. The van der Waals surface area contributed by atoms with Crippen molar-refractivity contribution in [3.05, 3.63) is 75.0 Å². The summed E-state index contributed by atoms with van der Waals surface area (Å²) in [6.07, 6.45) is 5.15. The molecule has 168 valence electrons. The fourth-order valence-electron chi connectivity index (χ4n) is 6.09. The Bertz CT molecular complexity index is 1100. The predicted molar refractivity (Wildman–Crippen MR) is 129 cm³/mol. The molecule has 5 rings (SSSR count). The van der Waals surface area contributed by atoms with Crippen molar-refractivity contribution in [2.75, 3.05) is 0 Å². The lowest BCUT2D eigenvalue weighted by atomic mass is 9.68. The van der Waals surface area contributed by atoms with Crippen LogP contribution < -0.4 is 0 Å². The Labute approximate surface area is 193 Å². The molecule has 4 heteroatoms. The van der Waals surface area contributed by atoms with Crippen LogP contribution in [-0.4, -0.2) is 4.98 Å². The summed E-state index contributed by atoms with van der Waals surface area (Å²) in [4.78, 5) is 5.27. The van der Waals surface area contributed by atoms with Gasteiger partial charge in [0.15, 0.2) is 6.17 Å². The Kier molecular flexibility index (Phi) is 5.69. The van der Waals surface area contributed by atoms with Crippen molar-refractivity contribution >= 4 is 11.3 Å². The zero-order valence-electron chi connectivity index (χ0n) is 19.1. The molecular formula is C28H31F2NS. The van der Waals surface area contributed by atoms with E-state index in [0.717, 1.165) is 53.8 Å². The third-order valence-corrected chi connectivity index (χ3v) is 8.03. The van der Waals surface area contributed by atoms with Crippen LogP contribution in [0.5, 0.6) is 0 Å². The Hall–Kier alpha value is -2.07. The molecule has 3 aromatic rings. The largest absolute Gasteiger partial charge is 0.257 e. The average molecular weight is 452 g/mol. The molecule has 1 fully saturated rings. The van der Waals surface area contributed by atoms with Gasteiger partial charge in [-0.15, -0.1) is 0 Å². The van der Waals surface area contributed by atoms with Crippen LogP contribution in [0.1, 0.15) is 99.0 Å². The van der Waals surface area contributed by atoms with E-state index in [0.29, 0.717) is 17.4 Å². The van der Waals surface area contributed by atoms with E-state index in [2.05, 4.69) is 37.6 Å². The SMILES string of the molecule is CC1CC(C)(C)Cc2nc(C3CCCC3)c(C(F)c3ccc(F)cc3)c(-c3ccsc3)c21. The van der Waals surface area contributed by atoms with Crippen LogP contribution in [0.4, 0.5) is 8.78 Å². The van der Waals surface area contributed by atoms with Gasteiger partial charge in [-0.1, -0.05) is 45.7 Å². The summed E-state index contributed by atoms with van der Waals surface area (Å²) in [5.41, 5.74) is 6.91. The number of halogens is 2. The Morgan fingerprint density at radius 2 is 1.81 bits per heavy atom. The molecule has 1 nitrogen and oxygen atoms in total. The molecule has 2 aliphatic carbocycles. The Morgan fingerprint density at radius 1 is 1.09 bits per heavy atom. The molecule has 2 aliphatic rings. The number of benzene rings is 1. The molecule has 2 aromatic heterocycles. The average Bonchev–Trinajstić information content (AvgIpc) is 3.46. The van der Waals surface area contributed by atoms with Gasteiger partial charge in [0, 0.05) is 17.2 Å². The minimum atomic E-state index is -1.32. The highest BCUT2D eigenvalue weighted by atomic mass is 32.1. The summed E-state index contributed by atoms with van der Waals surface area (Å²) in [6.45, 7) is 6.90. The predicted octanol–water partition coefficient (Wildman–Crippen LogP) is 8.74. The van der Waals surface area contributed by atoms with E-state index in [1.54, 1.807) is 23.5 Å². The number of hydrogen-bond donors (Lipinski definition) is 0. The first-order valence-corrected chi connectivity index (χ1v) is 12.8. The van der Waals surface area contributed by atoms with Gasteiger partial charge in [-0.05, 0) is 88.2 Å². The Morgan fingerprint density at radius 3 is 2.47 bits per heavy atom. The summed E-state index contributed by atoms with van der Waals surface area (Å²) in [7, 11) is 0. The van der Waals surface area contributed by atoms with Crippen LogP contribution in [0, 0.1) is 11.2 Å². The van der Waals surface area contributed by atoms with E-state index in [-0.39, 0.29) is 11.2 Å². The van der Waals surface area contributed by atoms with Crippen LogP contribution >= 0.6 is 11.3 Å². The van der Waals surface area contributed by atoms with Crippen molar-refractivity contribution in [1.82, 2.24) is 4.98 Å². The molecule has 0 saturated heterocycles. The highest BCUT2D eigenvalue weighted by Gasteiger charge is 2.38. The molecule has 2 atom stereocenters. The zero-order valence-corrected chi connectivity index (χ0v) is 19.9. The van der Waals surface area contributed by atoms with Gasteiger partial charge in [-0.25, -0.2) is 8.78 Å². The van der Waals surface area contributed by atoms with Crippen molar-refractivity contribution in [3.8, 4) is 11.1 Å². The molecule has 0 spiro atoms. The van der Waals surface area contributed by atoms with Crippen molar-refractivity contribution in [2.45, 2.75) is 77.3 Å². The van der Waals surface area contributed by atoms with Crippen LogP contribution in [0.15, 0.2) is 41.1 Å². The van der Waals surface area contributed by atoms with Crippen molar-refractivity contribution in [2.24, 2.45) is 5.41 Å². The standard InChI is InChI=1S/C28H31F2NS/c1-17-14-28(2,3)15-22-23(17)24(20-12-13-32-16-20)25(27(31-22)19-6-4-5-7-19)26(30)18-8-10-21(29)11-9-18/h8-13,16-17,19,26H,4-7,14-15H2,1-3H3. The fourth-order valence-corrected chi connectivity index (χ4v) is 6.74. The lowest BCUT2D eigenvalue weighted by Gasteiger charge is -2.38. The lowest BCUT2D eigenvalue weighted by Crippen LogP contribution is -2.28. The number of fused-ring (bicyclic) bond motifs is 1. The normalized spacial score (nSPS) is 21.5. The molecule has 2 unspecified atom stereocenters. The molecule has 0 radical (unpaired) electrons. The number of thiophene rings is 1. The molecule has 0 N–H and O–H groups in total. The van der Waals surface area contributed by atoms with Gasteiger partial charge < -0.3 is 0 Å². The second-order valence-electron chi connectivity index (χ2n) is 10.5. The van der Waals surface area contributed by atoms with Gasteiger partial charge in [0.05, 0.1) is 5.69 Å². The highest BCUT2D eigenvalue weighted by molar-refractivity contribution is 7.08. The van der Waals surface area contributed by atoms with E-state index >= 15 is 4.39 Å². The van der Waals surface area contributed by atoms with E-state index in [1.807, 2.05) is 0 Å². The van der Waals surface area contributed by atoms with E-state index < -0.39 is 6.17 Å². The molecule has 0 bridgehead atoms. The second-order valence-corrected chi connectivity index (χ2v) is 11.3. The van der Waals surface area contributed by atoms with Crippen LogP contribution in [0.25, 0.3) is 11.1 Å². The number of pyridine rings is 1. The summed E-state index contributed by atoms with van der Waals surface area (Å²) >= 11 is 1.65. The summed E-state index contributed by atoms with van der Waals surface area (Å²) in [6, 6.07) is 8.01. The van der Waals surface area contributed by atoms with Gasteiger partial charge >= 0.3 is 0 Å². The monoisotopic (exact) mass is 451 g/mol. The van der Waals surface area contributed by atoms with E-state index in [4.69, 9.17) is 4.98 Å². The fraction of sp³-hybridized carbons (Fsp3) is 0.464. The number of nitrogens with zero attached hydrogens (tertiary/aromatic N) is 1. The smallest absolute Gasteiger partial charge is 0.153 e. The summed E-state index contributed by atoms with van der Waals surface area (Å²) in [5, 5.41) is 4.21. The zero-order chi connectivity index (χ0) is 22.5. The second kappa shape index (κ2) is 8.37. The molecule has 2 heterocycles. The number of aromatic nitrogens is 1. The minimum Gasteiger partial charge on any atom is -0.257 e. The molecule has 1 aromatic carbocycles. The van der Waals surface area contributed by atoms with E-state index in [9.17, 15) is 4.39 Å². The quantitative estimate of drug-likeness (QED) is 0.386. The van der Waals surface area contributed by atoms with Crippen LogP contribution in [-0.2, 0) is 6.42 Å². The Balaban J connectivity index is 1.80. The van der Waals surface area contributed by atoms with Gasteiger partial charge in [0.2, 0.25) is 0 Å². The first kappa shape index (κ1) is 21.8. The topological polar surface area (TPSA) is 12.9 Å². The number of alkyl halides is 1. The van der Waals surface area contributed by atoms with Gasteiger partial charge in [0.25, 0.3) is 0 Å². The van der Waals surface area contributed by atoms with Crippen molar-refractivity contribution < 1.29 is 8.78 Å². The first-order valence-electron chi connectivity index (χ1n) is 11.8. The maximum atomic E-state index is 16.5. The maximum Gasteiger partial charge on any atom is 0.153 e. The minimum absolute atomic E-state index is 0.186. The number of rotatable bonds is 4. The molecule has 1 saturated carbocycles. The molecule has 0 amide bonds. The highest BCUT2D eigenvalue weighted by Crippen LogP contribution is 2.51. The third kappa shape index (κ3) is 3.91. The molecular weight excluding hydrogens is 420 g/mol. The summed E-state index contributed by atoms with van der Waals surface area (Å²) in [5.74, 6) is 0.272.